The minimum Gasteiger partial charge on any atom is -0.461 e. The van der Waals surface area contributed by atoms with Crippen molar-refractivity contribution in [2.24, 2.45) is 23.7 Å². The summed E-state index contributed by atoms with van der Waals surface area (Å²) in [5.74, 6) is -3.51. The molecule has 3 heterocycles. The van der Waals surface area contributed by atoms with Crippen LogP contribution in [0, 0.1) is 35.0 Å². The summed E-state index contributed by atoms with van der Waals surface area (Å²) in [5, 5.41) is 33.0. The zero-order valence-corrected chi connectivity index (χ0v) is 30.8. The predicted molar refractivity (Wildman–Crippen MR) is 191 cm³/mol. The first-order valence-electron chi connectivity index (χ1n) is 17.8. The number of ether oxygens (including phenoxy) is 4. The number of likely N-dealkylation sites (N-methyl/N-ethyl adjacent to an activating group) is 1. The zero-order valence-electron chi connectivity index (χ0n) is 30.8. The summed E-state index contributed by atoms with van der Waals surface area (Å²) >= 11 is 0. The number of carbonyl (C=O) groups is 3. The zero-order chi connectivity index (χ0) is 37.7. The molecule has 3 rings (SSSR count). The molecule has 0 spiro atoms. The number of hydrogen-bond donors (Lipinski definition) is 2. The number of esters is 1. The lowest BCUT2D eigenvalue weighted by molar-refractivity contribution is -0.308. The van der Waals surface area contributed by atoms with E-state index in [1.54, 1.807) is 52.2 Å². The van der Waals surface area contributed by atoms with Gasteiger partial charge in [0.2, 0.25) is 0 Å². The molecule has 1 saturated heterocycles. The molecule has 0 amide bonds. The minimum atomic E-state index is -1.28. The van der Waals surface area contributed by atoms with E-state index >= 15 is 0 Å². The van der Waals surface area contributed by atoms with Crippen molar-refractivity contribution in [2.75, 3.05) is 20.7 Å². The molecule has 2 aliphatic rings. The van der Waals surface area contributed by atoms with Crippen molar-refractivity contribution in [2.45, 2.75) is 109 Å². The fourth-order valence-corrected chi connectivity index (χ4v) is 6.80. The van der Waals surface area contributed by atoms with Crippen LogP contribution in [0.2, 0.25) is 0 Å². The number of carbonyl (C=O) groups excluding carboxylic acids is 3. The highest BCUT2D eigenvalue weighted by molar-refractivity contribution is 5.91. The molecule has 12 nitrogen and oxygen atoms in total. The Balaban J connectivity index is 1.92. The molecule has 0 aromatic carbocycles. The SMILES string of the molecule is CC[C@H]1OC(=O)C[C@@H](O)[C@H](C)[C@@H](O[C@@H]2O[C@H](C)[C@@H](OC/C=C/c3cccnc3)[C@H](N(C)C)[C@H]2O)[C@@H](CC=O)C[C@@H](C)C(=O)/C=C/C(C)=C/[C@@H]1C#N. The monoisotopic (exact) mass is 709 g/mol. The quantitative estimate of drug-likeness (QED) is 0.264. The number of aromatic nitrogens is 1. The molecule has 0 unspecified atom stereocenters. The third kappa shape index (κ3) is 12.0. The van der Waals surface area contributed by atoms with Crippen LogP contribution in [0.1, 0.15) is 65.9 Å². The van der Waals surface area contributed by atoms with Gasteiger partial charge in [0.05, 0.1) is 43.5 Å². The number of rotatable bonds is 10. The van der Waals surface area contributed by atoms with Crippen LogP contribution in [0.5, 0.6) is 0 Å². The highest BCUT2D eigenvalue weighted by atomic mass is 16.7. The lowest BCUT2D eigenvalue weighted by Crippen LogP contribution is -2.64. The first-order chi connectivity index (χ1) is 24.3. The average molecular weight is 710 g/mol. The number of nitriles is 1. The first-order valence-corrected chi connectivity index (χ1v) is 17.8. The molecule has 12 atom stereocenters. The van der Waals surface area contributed by atoms with Crippen molar-refractivity contribution in [1.82, 2.24) is 9.88 Å². The number of allylic oxidation sites excluding steroid dienone is 3. The lowest BCUT2D eigenvalue weighted by Gasteiger charge is -2.48. The summed E-state index contributed by atoms with van der Waals surface area (Å²) in [6, 6.07) is 5.38. The molecule has 0 bridgehead atoms. The van der Waals surface area contributed by atoms with E-state index in [1.807, 2.05) is 50.2 Å². The summed E-state index contributed by atoms with van der Waals surface area (Å²) in [6.07, 6.45) is 6.41. The second kappa shape index (κ2) is 20.5. The van der Waals surface area contributed by atoms with Gasteiger partial charge in [-0.15, -0.1) is 0 Å². The summed E-state index contributed by atoms with van der Waals surface area (Å²) in [5.41, 5.74) is 1.58. The van der Waals surface area contributed by atoms with Crippen molar-refractivity contribution in [1.29, 1.82) is 5.26 Å². The lowest BCUT2D eigenvalue weighted by atomic mass is 9.79. The maximum atomic E-state index is 13.3. The number of cyclic esters (lactones) is 1. The smallest absolute Gasteiger partial charge is 0.308 e. The molecule has 12 heteroatoms. The van der Waals surface area contributed by atoms with Crippen molar-refractivity contribution >= 4 is 24.1 Å². The Morgan fingerprint density at radius 3 is 2.53 bits per heavy atom. The van der Waals surface area contributed by atoms with Crippen LogP contribution >= 0.6 is 0 Å². The Hall–Kier alpha value is -3.57. The van der Waals surface area contributed by atoms with Crippen LogP contribution in [0.25, 0.3) is 6.08 Å². The molecule has 2 aliphatic heterocycles. The molecule has 280 valence electrons. The molecule has 1 aromatic rings. The molecule has 1 fully saturated rings. The minimum absolute atomic E-state index is 0.00131. The summed E-state index contributed by atoms with van der Waals surface area (Å²) in [6.45, 7) is 9.08. The molecular formula is C39H55N3O9. The standard InChI is InChI=1S/C39H55N3O9/c1-8-33-30(22-40)19-24(2)13-14-31(44)25(3)20-29(15-17-43)37(26(4)32(45)21-34(46)50-33)51-39-36(47)35(42(6)7)38(27(5)49-39)48-18-10-12-28-11-9-16-41-23-28/h9-14,16-17,19,23,25-27,29-30,32-33,35-39,45,47H,8,15,18,20-21H2,1-7H3/b12-10+,14-13+,24-19+/t25-,26+,27-,29+,30-,32-,33-,35-,36-,37-,38-,39+/m1/s1. The maximum Gasteiger partial charge on any atom is 0.308 e. The molecule has 1 aromatic heterocycles. The van der Waals surface area contributed by atoms with Crippen molar-refractivity contribution in [3.8, 4) is 6.07 Å². The first kappa shape index (κ1) is 41.8. The van der Waals surface area contributed by atoms with E-state index in [1.165, 1.54) is 6.08 Å². The molecule has 0 saturated carbocycles. The van der Waals surface area contributed by atoms with Gasteiger partial charge in [-0.1, -0.05) is 56.7 Å². The van der Waals surface area contributed by atoms with Crippen molar-refractivity contribution < 1.29 is 43.5 Å². The third-order valence-electron chi connectivity index (χ3n) is 9.74. The normalized spacial score (nSPS) is 36.2. The summed E-state index contributed by atoms with van der Waals surface area (Å²) in [7, 11) is 3.64. The number of aldehydes is 1. The van der Waals surface area contributed by atoms with E-state index < -0.39 is 85.0 Å². The third-order valence-corrected chi connectivity index (χ3v) is 9.74. The summed E-state index contributed by atoms with van der Waals surface area (Å²) < 4.78 is 24.7. The van der Waals surface area contributed by atoms with E-state index in [9.17, 15) is 29.9 Å². The number of nitrogens with zero attached hydrogens (tertiary/aromatic N) is 3. The van der Waals surface area contributed by atoms with Gasteiger partial charge in [-0.05, 0) is 64.4 Å². The van der Waals surface area contributed by atoms with Crippen LogP contribution in [0.15, 0.2) is 54.4 Å². The molecule has 51 heavy (non-hydrogen) atoms. The average Bonchev–Trinajstić information content (AvgIpc) is 3.10. The fourth-order valence-electron chi connectivity index (χ4n) is 6.80. The number of hydrogen-bond acceptors (Lipinski definition) is 12. The van der Waals surface area contributed by atoms with E-state index in [2.05, 4.69) is 11.1 Å². The van der Waals surface area contributed by atoms with Gasteiger partial charge in [-0.25, -0.2) is 0 Å². The van der Waals surface area contributed by atoms with Gasteiger partial charge in [-0.3, -0.25) is 14.6 Å². The van der Waals surface area contributed by atoms with Gasteiger partial charge < -0.3 is 38.9 Å². The fraction of sp³-hybridized carbons (Fsp3) is 0.615. The van der Waals surface area contributed by atoms with E-state index in [-0.39, 0.29) is 25.2 Å². The summed E-state index contributed by atoms with van der Waals surface area (Å²) in [4.78, 5) is 44.4. The van der Waals surface area contributed by atoms with Crippen molar-refractivity contribution in [3.63, 3.8) is 0 Å². The maximum absolute atomic E-state index is 13.3. The number of ketones is 1. The van der Waals surface area contributed by atoms with E-state index in [0.29, 0.717) is 12.0 Å². The second-order valence-electron chi connectivity index (χ2n) is 13.9. The van der Waals surface area contributed by atoms with Crippen LogP contribution < -0.4 is 0 Å². The molecule has 0 aliphatic carbocycles. The Kier molecular flexibility index (Phi) is 16.8. The Morgan fingerprint density at radius 1 is 1.16 bits per heavy atom. The van der Waals surface area contributed by atoms with Crippen LogP contribution in [0.4, 0.5) is 0 Å². The Bertz CT molecular complexity index is 1410. The highest BCUT2D eigenvalue weighted by Gasteiger charge is 2.48. The highest BCUT2D eigenvalue weighted by Crippen LogP contribution is 2.35. The van der Waals surface area contributed by atoms with Crippen LogP contribution in [0.3, 0.4) is 0 Å². The van der Waals surface area contributed by atoms with Crippen LogP contribution in [-0.4, -0.2) is 108 Å². The van der Waals surface area contributed by atoms with Crippen molar-refractivity contribution in [3.05, 3.63) is 60.0 Å². The Morgan fingerprint density at radius 2 is 1.90 bits per heavy atom. The number of aliphatic hydroxyl groups is 2. The van der Waals surface area contributed by atoms with Gasteiger partial charge >= 0.3 is 5.97 Å². The number of pyridine rings is 1. The van der Waals surface area contributed by atoms with Gasteiger partial charge in [0.25, 0.3) is 0 Å². The van der Waals surface area contributed by atoms with Crippen LogP contribution in [-0.2, 0) is 33.3 Å². The second-order valence-corrected chi connectivity index (χ2v) is 13.9. The Labute approximate surface area is 302 Å². The van der Waals surface area contributed by atoms with E-state index in [0.717, 1.165) is 11.8 Å². The van der Waals surface area contributed by atoms with Gasteiger partial charge in [0.1, 0.15) is 30.5 Å². The molecule has 0 radical (unpaired) electrons. The molecular weight excluding hydrogens is 654 g/mol. The van der Waals surface area contributed by atoms with Gasteiger partial charge in [-0.2, -0.15) is 5.26 Å². The van der Waals surface area contributed by atoms with Gasteiger partial charge in [0, 0.05) is 30.7 Å². The predicted octanol–water partition coefficient (Wildman–Crippen LogP) is 4.07. The largest absolute Gasteiger partial charge is 0.461 e. The number of aliphatic hydroxyl groups excluding tert-OH is 2. The topological polar surface area (TPSA) is 169 Å². The van der Waals surface area contributed by atoms with E-state index in [4.69, 9.17) is 18.9 Å². The molecule has 2 N–H and O–H groups in total. The van der Waals surface area contributed by atoms with Gasteiger partial charge in [0.15, 0.2) is 12.1 Å².